The molecular formula is C22H20N6O3. The van der Waals surface area contributed by atoms with Crippen molar-refractivity contribution in [3.05, 3.63) is 60.8 Å². The average Bonchev–Trinajstić information content (AvgIpc) is 3.34. The number of pyridine rings is 1. The minimum atomic E-state index is -0.132. The minimum Gasteiger partial charge on any atom is -0.480 e. The lowest BCUT2D eigenvalue weighted by atomic mass is 10.1. The van der Waals surface area contributed by atoms with E-state index in [1.807, 2.05) is 30.3 Å². The summed E-state index contributed by atoms with van der Waals surface area (Å²) < 4.78 is 10.7. The van der Waals surface area contributed by atoms with E-state index in [9.17, 15) is 4.79 Å². The predicted octanol–water partition coefficient (Wildman–Crippen LogP) is 2.65. The molecule has 31 heavy (non-hydrogen) atoms. The highest BCUT2D eigenvalue weighted by Crippen LogP contribution is 2.27. The summed E-state index contributed by atoms with van der Waals surface area (Å²) in [7, 11) is 1.60. The summed E-state index contributed by atoms with van der Waals surface area (Å²) in [5.41, 5.74) is 2.97. The summed E-state index contributed by atoms with van der Waals surface area (Å²) in [6, 6.07) is 11.4. The van der Waals surface area contributed by atoms with E-state index in [1.54, 1.807) is 30.5 Å². The maximum atomic E-state index is 12.9. The van der Waals surface area contributed by atoms with E-state index in [-0.39, 0.29) is 5.91 Å². The Hall–Kier alpha value is -4.01. The van der Waals surface area contributed by atoms with Crippen LogP contribution in [-0.4, -0.2) is 64.2 Å². The van der Waals surface area contributed by atoms with Crippen LogP contribution in [0.2, 0.25) is 0 Å². The second kappa shape index (κ2) is 8.02. The molecule has 0 spiro atoms. The topological polar surface area (TPSA) is 97.5 Å². The van der Waals surface area contributed by atoms with Crippen LogP contribution in [0, 0.1) is 0 Å². The first-order valence-corrected chi connectivity index (χ1v) is 9.93. The number of hydrogen-bond acceptors (Lipinski definition) is 8. The number of carbonyl (C=O) groups is 1. The fourth-order valence-corrected chi connectivity index (χ4v) is 3.73. The van der Waals surface area contributed by atoms with Gasteiger partial charge in [-0.2, -0.15) is 0 Å². The molecule has 0 unspecified atom stereocenters. The Morgan fingerprint density at radius 1 is 1.10 bits per heavy atom. The van der Waals surface area contributed by atoms with Crippen LogP contribution in [0.1, 0.15) is 10.5 Å². The van der Waals surface area contributed by atoms with Crippen LogP contribution < -0.4 is 9.64 Å². The van der Waals surface area contributed by atoms with Crippen molar-refractivity contribution in [1.82, 2.24) is 25.0 Å². The third kappa shape index (κ3) is 3.65. The number of benzene rings is 1. The molecule has 4 aromatic rings. The number of rotatable bonds is 4. The van der Waals surface area contributed by atoms with Crippen LogP contribution in [-0.2, 0) is 0 Å². The number of fused-ring (bicyclic) bond motifs is 1. The summed E-state index contributed by atoms with van der Waals surface area (Å²) in [4.78, 5) is 29.4. The lowest BCUT2D eigenvalue weighted by Gasteiger charge is -2.35. The Bertz CT molecular complexity index is 1220. The monoisotopic (exact) mass is 416 g/mol. The molecule has 0 radical (unpaired) electrons. The van der Waals surface area contributed by atoms with E-state index >= 15 is 0 Å². The third-order valence-corrected chi connectivity index (χ3v) is 5.38. The molecule has 9 nitrogen and oxygen atoms in total. The lowest BCUT2D eigenvalue weighted by Crippen LogP contribution is -2.48. The molecule has 0 aliphatic carbocycles. The van der Waals surface area contributed by atoms with E-state index in [0.29, 0.717) is 43.5 Å². The van der Waals surface area contributed by atoms with Gasteiger partial charge in [0.05, 0.1) is 18.0 Å². The van der Waals surface area contributed by atoms with Gasteiger partial charge in [-0.25, -0.2) is 9.97 Å². The predicted molar refractivity (Wildman–Crippen MR) is 114 cm³/mol. The Morgan fingerprint density at radius 2 is 1.97 bits per heavy atom. The van der Waals surface area contributed by atoms with Crippen molar-refractivity contribution in [3.8, 4) is 17.2 Å². The van der Waals surface area contributed by atoms with Crippen LogP contribution in [0.15, 0.2) is 59.6 Å². The zero-order valence-electron chi connectivity index (χ0n) is 16.9. The van der Waals surface area contributed by atoms with Crippen LogP contribution in [0.5, 0.6) is 5.88 Å². The lowest BCUT2D eigenvalue weighted by molar-refractivity contribution is 0.0736. The highest BCUT2D eigenvalue weighted by Gasteiger charge is 2.25. The Labute approximate surface area is 178 Å². The van der Waals surface area contributed by atoms with E-state index in [1.165, 1.54) is 6.33 Å². The first kappa shape index (κ1) is 19.0. The normalized spacial score (nSPS) is 14.1. The van der Waals surface area contributed by atoms with Gasteiger partial charge in [-0.1, -0.05) is 5.16 Å². The molecule has 1 aliphatic rings. The molecule has 1 amide bonds. The molecule has 0 saturated carbocycles. The first-order chi connectivity index (χ1) is 15.2. The Balaban J connectivity index is 1.28. The average molecular weight is 416 g/mol. The SMILES string of the molecule is COc1ncnc2ccc(N3CCN(C(=O)c4cc(-c5cccnc5)on4)CC3)cc12. The van der Waals surface area contributed by atoms with Crippen molar-refractivity contribution in [2.24, 2.45) is 0 Å². The second-order valence-electron chi connectivity index (χ2n) is 7.18. The molecule has 1 fully saturated rings. The number of nitrogens with zero attached hydrogens (tertiary/aromatic N) is 6. The molecule has 156 valence electrons. The minimum absolute atomic E-state index is 0.132. The van der Waals surface area contributed by atoms with E-state index in [0.717, 1.165) is 22.2 Å². The fraction of sp³-hybridized carbons (Fsp3) is 0.227. The van der Waals surface area contributed by atoms with Gasteiger partial charge in [0, 0.05) is 55.9 Å². The van der Waals surface area contributed by atoms with Crippen LogP contribution >= 0.6 is 0 Å². The molecule has 4 heterocycles. The molecule has 1 saturated heterocycles. The summed E-state index contributed by atoms with van der Waals surface area (Å²) in [6.45, 7) is 2.60. The summed E-state index contributed by atoms with van der Waals surface area (Å²) >= 11 is 0. The van der Waals surface area contributed by atoms with E-state index in [2.05, 4.69) is 25.0 Å². The zero-order chi connectivity index (χ0) is 21.2. The Morgan fingerprint density at radius 3 is 2.74 bits per heavy atom. The van der Waals surface area contributed by atoms with Gasteiger partial charge in [0.2, 0.25) is 5.88 Å². The standard InChI is InChI=1S/C22H20N6O3/c1-30-21-17-11-16(4-5-18(17)24-14-25-21)27-7-9-28(10-8-27)22(29)19-12-20(31-26-19)15-3-2-6-23-13-15/h2-6,11-14H,7-10H2,1H3. The van der Waals surface area contributed by atoms with E-state index < -0.39 is 0 Å². The zero-order valence-corrected chi connectivity index (χ0v) is 16.9. The largest absolute Gasteiger partial charge is 0.480 e. The van der Waals surface area contributed by atoms with Crippen LogP contribution in [0.3, 0.4) is 0 Å². The first-order valence-electron chi connectivity index (χ1n) is 9.93. The number of carbonyl (C=O) groups excluding carboxylic acids is 1. The number of ether oxygens (including phenoxy) is 1. The van der Waals surface area contributed by atoms with Gasteiger partial charge in [-0.3, -0.25) is 9.78 Å². The molecule has 0 bridgehead atoms. The van der Waals surface area contributed by atoms with Gasteiger partial charge >= 0.3 is 0 Å². The van der Waals surface area contributed by atoms with Gasteiger partial charge < -0.3 is 19.1 Å². The van der Waals surface area contributed by atoms with E-state index in [4.69, 9.17) is 9.26 Å². The number of methoxy groups -OCH3 is 1. The van der Waals surface area contributed by atoms with Gasteiger partial charge in [0.25, 0.3) is 5.91 Å². The van der Waals surface area contributed by atoms with Crippen LogP contribution in [0.25, 0.3) is 22.2 Å². The van der Waals surface area contributed by atoms with Crippen molar-refractivity contribution < 1.29 is 14.1 Å². The molecule has 0 atom stereocenters. The number of hydrogen-bond donors (Lipinski definition) is 0. The van der Waals surface area contributed by atoms with Gasteiger partial charge in [0.1, 0.15) is 6.33 Å². The number of anilines is 1. The molecule has 9 heteroatoms. The van der Waals surface area contributed by atoms with Crippen molar-refractivity contribution >= 4 is 22.5 Å². The maximum absolute atomic E-state index is 12.9. The second-order valence-corrected chi connectivity index (χ2v) is 7.18. The molecular weight excluding hydrogens is 396 g/mol. The Kier molecular flexibility index (Phi) is 4.91. The van der Waals surface area contributed by atoms with Crippen LogP contribution in [0.4, 0.5) is 5.69 Å². The van der Waals surface area contributed by atoms with Crippen molar-refractivity contribution in [2.75, 3.05) is 38.2 Å². The number of amides is 1. The summed E-state index contributed by atoms with van der Waals surface area (Å²) in [5, 5.41) is 4.83. The highest BCUT2D eigenvalue weighted by molar-refractivity contribution is 5.93. The number of piperazine rings is 1. The smallest absolute Gasteiger partial charge is 0.276 e. The molecule has 5 rings (SSSR count). The van der Waals surface area contributed by atoms with Crippen molar-refractivity contribution in [3.63, 3.8) is 0 Å². The maximum Gasteiger partial charge on any atom is 0.276 e. The summed E-state index contributed by atoms with van der Waals surface area (Å²) in [6.07, 6.45) is 4.86. The molecule has 3 aromatic heterocycles. The molecule has 1 aliphatic heterocycles. The third-order valence-electron chi connectivity index (χ3n) is 5.38. The van der Waals surface area contributed by atoms with Crippen molar-refractivity contribution in [1.29, 1.82) is 0 Å². The highest BCUT2D eigenvalue weighted by atomic mass is 16.5. The molecule has 0 N–H and O–H groups in total. The van der Waals surface area contributed by atoms with Gasteiger partial charge in [-0.15, -0.1) is 0 Å². The quantitative estimate of drug-likeness (QED) is 0.501. The molecule has 1 aromatic carbocycles. The van der Waals surface area contributed by atoms with Crippen molar-refractivity contribution in [2.45, 2.75) is 0 Å². The fourth-order valence-electron chi connectivity index (χ4n) is 3.73. The van der Waals surface area contributed by atoms with Gasteiger partial charge in [-0.05, 0) is 30.3 Å². The number of aromatic nitrogens is 4. The summed E-state index contributed by atoms with van der Waals surface area (Å²) in [5.74, 6) is 0.950. The van der Waals surface area contributed by atoms with Gasteiger partial charge in [0.15, 0.2) is 11.5 Å².